The second-order valence-corrected chi connectivity index (χ2v) is 4.93. The number of halogens is 1. The maximum atomic E-state index is 10.3. The summed E-state index contributed by atoms with van der Waals surface area (Å²) in [5.41, 5.74) is 7.09. The molecule has 112 valence electrons. The van der Waals surface area contributed by atoms with Crippen LogP contribution in [0.25, 0.3) is 0 Å². The van der Waals surface area contributed by atoms with Crippen molar-refractivity contribution < 1.29 is 15.0 Å². The number of aliphatic hydroxyl groups is 1. The normalized spacial score (nSPS) is 12.8. The first-order chi connectivity index (χ1) is 9.91. The highest BCUT2D eigenvalue weighted by Gasteiger charge is 2.15. The highest BCUT2D eigenvalue weighted by atomic mass is 35.5. The van der Waals surface area contributed by atoms with Crippen LogP contribution in [0, 0.1) is 0 Å². The molecule has 0 aliphatic rings. The summed E-state index contributed by atoms with van der Waals surface area (Å²) in [6.07, 6.45) is -1.50. The number of aliphatic hydroxyl groups excluding tert-OH is 1. The van der Waals surface area contributed by atoms with E-state index in [4.69, 9.17) is 27.5 Å². The van der Waals surface area contributed by atoms with Gasteiger partial charge in [-0.3, -0.25) is 0 Å². The first-order valence-electron chi connectivity index (χ1n) is 6.38. The SMILES string of the molecule is CC(N)c1ccccc1.O=C(O)C(O)c1cccc(Cl)c1. The molecule has 4 nitrogen and oxygen atoms in total. The van der Waals surface area contributed by atoms with Crippen LogP contribution in [0.2, 0.25) is 5.02 Å². The molecule has 2 aromatic rings. The van der Waals surface area contributed by atoms with E-state index >= 15 is 0 Å². The Balaban J connectivity index is 0.000000219. The fourth-order valence-electron chi connectivity index (χ4n) is 1.58. The van der Waals surface area contributed by atoms with E-state index < -0.39 is 12.1 Å². The zero-order chi connectivity index (χ0) is 15.8. The summed E-state index contributed by atoms with van der Waals surface area (Å²) in [5, 5.41) is 17.9. The largest absolute Gasteiger partial charge is 0.479 e. The third kappa shape index (κ3) is 5.95. The van der Waals surface area contributed by atoms with Crippen molar-refractivity contribution in [3.8, 4) is 0 Å². The molecule has 0 aliphatic carbocycles. The zero-order valence-corrected chi connectivity index (χ0v) is 12.4. The van der Waals surface area contributed by atoms with Gasteiger partial charge in [0.25, 0.3) is 0 Å². The van der Waals surface area contributed by atoms with Gasteiger partial charge < -0.3 is 15.9 Å². The summed E-state index contributed by atoms with van der Waals surface area (Å²) in [6.45, 7) is 1.98. The van der Waals surface area contributed by atoms with Crippen molar-refractivity contribution in [3.63, 3.8) is 0 Å². The van der Waals surface area contributed by atoms with Gasteiger partial charge in [-0.05, 0) is 30.2 Å². The van der Waals surface area contributed by atoms with Gasteiger partial charge in [0.15, 0.2) is 6.10 Å². The smallest absolute Gasteiger partial charge is 0.337 e. The summed E-state index contributed by atoms with van der Waals surface area (Å²) in [7, 11) is 0. The van der Waals surface area contributed by atoms with Crippen LogP contribution in [-0.4, -0.2) is 16.2 Å². The van der Waals surface area contributed by atoms with Crippen LogP contribution in [0.4, 0.5) is 0 Å². The van der Waals surface area contributed by atoms with Crippen molar-refractivity contribution in [2.24, 2.45) is 5.73 Å². The number of hydrogen-bond donors (Lipinski definition) is 3. The number of benzene rings is 2. The molecule has 0 aliphatic heterocycles. The molecule has 21 heavy (non-hydrogen) atoms. The molecule has 0 saturated heterocycles. The van der Waals surface area contributed by atoms with Crippen molar-refractivity contribution in [1.82, 2.24) is 0 Å². The zero-order valence-electron chi connectivity index (χ0n) is 11.6. The summed E-state index contributed by atoms with van der Waals surface area (Å²) >= 11 is 5.59. The Labute approximate surface area is 128 Å². The average Bonchev–Trinajstić information content (AvgIpc) is 2.48. The van der Waals surface area contributed by atoms with Crippen molar-refractivity contribution in [1.29, 1.82) is 0 Å². The van der Waals surface area contributed by atoms with Crippen molar-refractivity contribution in [3.05, 3.63) is 70.7 Å². The van der Waals surface area contributed by atoms with Crippen LogP contribution >= 0.6 is 11.6 Å². The average molecular weight is 308 g/mol. The van der Waals surface area contributed by atoms with E-state index in [-0.39, 0.29) is 11.6 Å². The van der Waals surface area contributed by atoms with E-state index in [0.717, 1.165) is 0 Å². The fraction of sp³-hybridized carbons (Fsp3) is 0.188. The lowest BCUT2D eigenvalue weighted by molar-refractivity contribution is -0.146. The van der Waals surface area contributed by atoms with E-state index in [0.29, 0.717) is 5.02 Å². The van der Waals surface area contributed by atoms with E-state index in [1.165, 1.54) is 17.7 Å². The Morgan fingerprint density at radius 1 is 1.10 bits per heavy atom. The molecular weight excluding hydrogens is 290 g/mol. The maximum Gasteiger partial charge on any atom is 0.337 e. The number of nitrogens with two attached hydrogens (primary N) is 1. The second kappa shape index (κ2) is 8.42. The van der Waals surface area contributed by atoms with Gasteiger partial charge in [-0.25, -0.2) is 4.79 Å². The Hall–Kier alpha value is -1.88. The van der Waals surface area contributed by atoms with Gasteiger partial charge in [0, 0.05) is 11.1 Å². The topological polar surface area (TPSA) is 83.6 Å². The number of hydrogen-bond acceptors (Lipinski definition) is 3. The third-order valence-corrected chi connectivity index (χ3v) is 2.96. The minimum Gasteiger partial charge on any atom is -0.479 e. The predicted molar refractivity (Wildman–Crippen MR) is 83.1 cm³/mol. The first-order valence-corrected chi connectivity index (χ1v) is 6.76. The molecule has 0 spiro atoms. The molecule has 0 saturated carbocycles. The minimum atomic E-state index is -1.50. The molecule has 0 bridgehead atoms. The van der Waals surface area contributed by atoms with Crippen LogP contribution in [0.3, 0.4) is 0 Å². The van der Waals surface area contributed by atoms with Gasteiger partial charge >= 0.3 is 5.97 Å². The van der Waals surface area contributed by atoms with Crippen LogP contribution in [0.1, 0.15) is 30.2 Å². The number of carboxylic acid groups (broad SMARTS) is 1. The molecule has 0 heterocycles. The number of carbonyl (C=O) groups is 1. The summed E-state index contributed by atoms with van der Waals surface area (Å²) in [6, 6.07) is 16.3. The molecule has 2 aromatic carbocycles. The molecule has 0 fully saturated rings. The highest BCUT2D eigenvalue weighted by Crippen LogP contribution is 2.17. The molecule has 2 atom stereocenters. The predicted octanol–water partition coefficient (Wildman–Crippen LogP) is 3.16. The van der Waals surface area contributed by atoms with Crippen LogP contribution < -0.4 is 5.73 Å². The van der Waals surface area contributed by atoms with E-state index in [1.54, 1.807) is 12.1 Å². The van der Waals surface area contributed by atoms with Crippen molar-refractivity contribution >= 4 is 17.6 Å². The molecule has 0 aromatic heterocycles. The number of aliphatic carboxylic acids is 1. The van der Waals surface area contributed by atoms with Crippen LogP contribution in [-0.2, 0) is 4.79 Å². The van der Waals surface area contributed by atoms with Crippen LogP contribution in [0.15, 0.2) is 54.6 Å². The van der Waals surface area contributed by atoms with Crippen molar-refractivity contribution in [2.75, 3.05) is 0 Å². The quantitative estimate of drug-likeness (QED) is 0.813. The molecule has 2 rings (SSSR count). The monoisotopic (exact) mass is 307 g/mol. The third-order valence-electron chi connectivity index (χ3n) is 2.72. The van der Waals surface area contributed by atoms with Gasteiger partial charge in [0.05, 0.1) is 0 Å². The van der Waals surface area contributed by atoms with Crippen molar-refractivity contribution in [2.45, 2.75) is 19.1 Å². The van der Waals surface area contributed by atoms with Gasteiger partial charge in [-0.2, -0.15) is 0 Å². The summed E-state index contributed by atoms with van der Waals surface area (Å²) < 4.78 is 0. The van der Waals surface area contributed by atoms with E-state index in [2.05, 4.69) is 0 Å². The maximum absolute atomic E-state index is 10.3. The van der Waals surface area contributed by atoms with Gasteiger partial charge in [-0.1, -0.05) is 54.1 Å². The van der Waals surface area contributed by atoms with Crippen LogP contribution in [0.5, 0.6) is 0 Å². The highest BCUT2D eigenvalue weighted by molar-refractivity contribution is 6.30. The molecule has 0 radical (unpaired) electrons. The minimum absolute atomic E-state index is 0.159. The lowest BCUT2D eigenvalue weighted by Crippen LogP contribution is -2.09. The van der Waals surface area contributed by atoms with Gasteiger partial charge in [0.1, 0.15) is 0 Å². The standard InChI is InChI=1S/C8H7ClO3.C8H11N/c9-6-3-1-2-5(4-6)7(10)8(11)12;1-7(9)8-5-3-2-4-6-8/h1-4,7,10H,(H,11,12);2-7H,9H2,1H3. The lowest BCUT2D eigenvalue weighted by Gasteiger charge is -2.04. The second-order valence-electron chi connectivity index (χ2n) is 4.50. The Morgan fingerprint density at radius 3 is 2.10 bits per heavy atom. The molecule has 4 N–H and O–H groups in total. The molecule has 0 amide bonds. The molecule has 2 unspecified atom stereocenters. The van der Waals surface area contributed by atoms with E-state index in [9.17, 15) is 4.79 Å². The lowest BCUT2D eigenvalue weighted by atomic mass is 10.1. The first kappa shape index (κ1) is 17.2. The summed E-state index contributed by atoms with van der Waals surface area (Å²) in [5.74, 6) is -1.28. The molecule has 5 heteroatoms. The number of rotatable bonds is 3. The Bertz CT molecular complexity index is 573. The van der Waals surface area contributed by atoms with Gasteiger partial charge in [0.2, 0.25) is 0 Å². The van der Waals surface area contributed by atoms with E-state index in [1.807, 2.05) is 37.3 Å². The number of carboxylic acids is 1. The van der Waals surface area contributed by atoms with Gasteiger partial charge in [-0.15, -0.1) is 0 Å². The fourth-order valence-corrected chi connectivity index (χ4v) is 1.77. The Kier molecular flexibility index (Phi) is 6.88. The Morgan fingerprint density at radius 2 is 1.67 bits per heavy atom. The summed E-state index contributed by atoms with van der Waals surface area (Å²) in [4.78, 5) is 10.3. The molecular formula is C16H18ClNO3.